The average molecular weight is 1590 g/mol. The second-order valence-corrected chi connectivity index (χ2v) is 34.0. The van der Waals surface area contributed by atoms with E-state index in [1.54, 1.807) is 0 Å². The number of anilines is 11. The lowest BCUT2D eigenvalue weighted by atomic mass is 9.79. The summed E-state index contributed by atoms with van der Waals surface area (Å²) < 4.78 is 5.28. The van der Waals surface area contributed by atoms with Crippen molar-refractivity contribution in [2.75, 3.05) is 20.0 Å². The molecule has 0 saturated heterocycles. The molecular formula is C110H83ClN4PS2-. The van der Waals surface area contributed by atoms with Gasteiger partial charge >= 0.3 is 0 Å². The van der Waals surface area contributed by atoms with Gasteiger partial charge in [0.1, 0.15) is 0 Å². The number of hydrogen-bond acceptors (Lipinski definition) is 6. The molecule has 2 aliphatic rings. The monoisotopic (exact) mass is 1590 g/mol. The fraction of sp³-hybridized carbons (Fsp3) is 0.0545. The van der Waals surface area contributed by atoms with Crippen LogP contribution in [-0.4, -0.2) is 0 Å². The van der Waals surface area contributed by atoms with Crippen LogP contribution in [0.2, 0.25) is 5.02 Å². The summed E-state index contributed by atoms with van der Waals surface area (Å²) in [6, 6.07) is 148. The van der Waals surface area contributed by atoms with Crippen LogP contribution in [-0.2, 0) is 10.8 Å². The predicted molar refractivity (Wildman–Crippen MR) is 515 cm³/mol. The summed E-state index contributed by atoms with van der Waals surface area (Å²) in [5, 5.41) is 14.7. The number of thiophene rings is 2. The third kappa shape index (κ3) is 13.9. The summed E-state index contributed by atoms with van der Waals surface area (Å²) in [5.74, 6) is 0. The Labute approximate surface area is 706 Å². The van der Waals surface area contributed by atoms with Crippen LogP contribution in [0.5, 0.6) is 0 Å². The first-order chi connectivity index (χ1) is 57.4. The van der Waals surface area contributed by atoms with Crippen molar-refractivity contribution in [3.05, 3.63) is 440 Å². The summed E-state index contributed by atoms with van der Waals surface area (Å²) in [6.07, 6.45) is 0. The number of benzene rings is 18. The molecule has 0 fully saturated rings. The van der Waals surface area contributed by atoms with Crippen molar-refractivity contribution in [1.29, 1.82) is 0 Å². The van der Waals surface area contributed by atoms with E-state index < -0.39 is 0 Å². The maximum Gasteiger partial charge on any atom is 0.0488 e. The van der Waals surface area contributed by atoms with Crippen molar-refractivity contribution in [3.8, 4) is 44.5 Å². The molecule has 20 aromatic rings. The standard InChI is InChI=1S/C55H40N2S.C37H28ClN.C18H13NS.H2P/c1-55(2)51-34-38(27-29-47(51)49-30-26-37-16-12-13-23-46(37)54(49)55)39-32-44(56(40-17-6-3-7-18-40)41-19-8-4-9-20-41)35-45(33-39)57(42-21-10-5-11-22-42)43-28-31-53-50(36-43)48-24-14-15-25-52(48)58-53;1-37(2)35-23-26(18-19-33(35)34-20-17-25-11-9-10-16-32(25)36(34)37)27-21-28(38)24-31(22-27)39(29-12-5-3-6-13-29)30-14-7-4-8-15-30;1-2-6-13(7-3-1)19-14-10-11-18-16(12-14)15-8-4-5-9-17(15)20-18;/h3-36H,1-2H3;3-24H,1-2H3;1-12,19H;1H2/q;;;-1. The molecule has 0 atom stereocenters. The molecule has 2 heterocycles. The molecule has 0 spiro atoms. The number of rotatable bonds is 13. The number of para-hydroxylation sites is 6. The molecule has 0 bridgehead atoms. The lowest BCUT2D eigenvalue weighted by Gasteiger charge is -2.30. The highest BCUT2D eigenvalue weighted by atomic mass is 35.5. The van der Waals surface area contributed by atoms with Crippen LogP contribution < -0.4 is 20.0 Å². The smallest absolute Gasteiger partial charge is 0.0488 e. The van der Waals surface area contributed by atoms with Crippen LogP contribution in [0.1, 0.15) is 49.9 Å². The molecule has 22 rings (SSSR count). The van der Waals surface area contributed by atoms with Gasteiger partial charge in [-0.05, 0) is 258 Å². The number of nitrogens with one attached hydrogen (secondary N) is 1. The summed E-state index contributed by atoms with van der Waals surface area (Å²) in [4.78, 5) is 7.06. The molecular weight excluding hydrogens is 1510 g/mol. The van der Waals surface area contributed by atoms with E-state index in [9.17, 15) is 0 Å². The van der Waals surface area contributed by atoms with Gasteiger partial charge in [-0.3, -0.25) is 0 Å². The van der Waals surface area contributed by atoms with Crippen LogP contribution in [0.3, 0.4) is 0 Å². The maximum absolute atomic E-state index is 6.80. The van der Waals surface area contributed by atoms with Gasteiger partial charge in [0.2, 0.25) is 0 Å². The summed E-state index contributed by atoms with van der Waals surface area (Å²) in [6.45, 7) is 9.49. The number of hydrogen-bond donors (Lipinski definition) is 1. The molecule has 568 valence electrons. The van der Waals surface area contributed by atoms with Gasteiger partial charge in [-0.2, -0.15) is 0 Å². The maximum atomic E-state index is 6.80. The van der Waals surface area contributed by atoms with Crippen LogP contribution in [0.25, 0.3) is 106 Å². The zero-order chi connectivity index (χ0) is 78.7. The van der Waals surface area contributed by atoms with Gasteiger partial charge in [0, 0.05) is 119 Å². The van der Waals surface area contributed by atoms with Gasteiger partial charge in [0.25, 0.3) is 0 Å². The van der Waals surface area contributed by atoms with Crippen LogP contribution in [0, 0.1) is 0 Å². The third-order valence-corrected chi connectivity index (χ3v) is 26.0. The van der Waals surface area contributed by atoms with E-state index in [4.69, 9.17) is 11.6 Å². The van der Waals surface area contributed by atoms with Crippen LogP contribution >= 0.6 is 44.2 Å². The lowest BCUT2D eigenvalue weighted by molar-refractivity contribution is 0.666. The van der Waals surface area contributed by atoms with Crippen molar-refractivity contribution >= 4 is 169 Å². The topological polar surface area (TPSA) is 21.8 Å². The van der Waals surface area contributed by atoms with E-state index in [1.807, 2.05) is 59.1 Å². The first-order valence-electron chi connectivity index (χ1n) is 40.0. The SMILES string of the molecule is CC1(C)c2cc(-c3cc(Cl)cc(N(c4ccccc4)c4ccccc4)c3)ccc2-c2ccc3ccccc3c21.CC1(C)c2cc(-c3cc(N(c4ccccc4)c4ccccc4)cc(N(c4ccccc4)c4ccc5sc6ccccc6c5c4)c3)ccc2-c2ccc3ccccc3c21.[PH2-].c1ccc(Nc2ccc3sc4ccccc4c3c2)cc1. The molecule has 0 aliphatic heterocycles. The second kappa shape index (κ2) is 31.5. The van der Waals surface area contributed by atoms with E-state index >= 15 is 0 Å². The first kappa shape index (κ1) is 74.9. The highest BCUT2D eigenvalue weighted by Crippen LogP contribution is 2.56. The Balaban J connectivity index is 0.000000132. The van der Waals surface area contributed by atoms with E-state index in [1.165, 1.54) is 118 Å². The average Bonchev–Trinajstić information content (AvgIpc) is 1.56. The quantitative estimate of drug-likeness (QED) is 0.116. The molecule has 18 aromatic carbocycles. The largest absolute Gasteiger partial charge is 0.577 e. The molecule has 8 heteroatoms. The normalized spacial score (nSPS) is 12.5. The van der Waals surface area contributed by atoms with Gasteiger partial charge in [-0.1, -0.05) is 282 Å². The Kier molecular flexibility index (Phi) is 20.0. The minimum absolute atomic E-state index is 0. The van der Waals surface area contributed by atoms with Gasteiger partial charge in [0.05, 0.1) is 0 Å². The Bertz CT molecular complexity index is 7050. The van der Waals surface area contributed by atoms with Gasteiger partial charge in [-0.25, -0.2) is 0 Å². The minimum Gasteiger partial charge on any atom is -0.577 e. The summed E-state index contributed by atoms with van der Waals surface area (Å²) in [7, 11) is 0. The molecule has 1 N–H and O–H groups in total. The zero-order valence-electron chi connectivity index (χ0n) is 65.9. The van der Waals surface area contributed by atoms with Gasteiger partial charge < -0.3 is 29.9 Å². The van der Waals surface area contributed by atoms with Crippen molar-refractivity contribution in [1.82, 2.24) is 0 Å². The van der Waals surface area contributed by atoms with Gasteiger partial charge in [0.15, 0.2) is 0 Å². The van der Waals surface area contributed by atoms with E-state index in [2.05, 4.69) is 424 Å². The Morgan fingerprint density at radius 1 is 0.237 bits per heavy atom. The molecule has 2 aliphatic carbocycles. The summed E-state index contributed by atoms with van der Waals surface area (Å²) >= 11 is 10.5. The third-order valence-electron chi connectivity index (χ3n) is 23.4. The molecule has 118 heavy (non-hydrogen) atoms. The number of fused-ring (bicyclic) bond motifs is 16. The van der Waals surface area contributed by atoms with Crippen LogP contribution in [0.4, 0.5) is 62.6 Å². The number of halogens is 1. The molecule has 2 aromatic heterocycles. The van der Waals surface area contributed by atoms with Crippen molar-refractivity contribution in [3.63, 3.8) is 0 Å². The van der Waals surface area contributed by atoms with E-state index in [0.717, 1.165) is 73.7 Å². The first-order valence-corrected chi connectivity index (χ1v) is 42.0. The summed E-state index contributed by atoms with van der Waals surface area (Å²) in [5.41, 5.74) is 27.3. The van der Waals surface area contributed by atoms with Crippen molar-refractivity contribution < 1.29 is 0 Å². The Hall–Kier alpha value is -13.2. The fourth-order valence-electron chi connectivity index (χ4n) is 18.0. The van der Waals surface area contributed by atoms with E-state index in [0.29, 0.717) is 5.02 Å². The predicted octanol–water partition coefficient (Wildman–Crippen LogP) is 33.2. The number of nitrogens with zero attached hydrogens (tertiary/aromatic N) is 3. The van der Waals surface area contributed by atoms with Gasteiger partial charge in [-0.15, -0.1) is 22.7 Å². The van der Waals surface area contributed by atoms with Crippen molar-refractivity contribution in [2.45, 2.75) is 38.5 Å². The van der Waals surface area contributed by atoms with E-state index in [-0.39, 0.29) is 20.7 Å². The van der Waals surface area contributed by atoms with Crippen molar-refractivity contribution in [2.24, 2.45) is 0 Å². The highest BCUT2D eigenvalue weighted by molar-refractivity contribution is 7.26. The second-order valence-electron chi connectivity index (χ2n) is 31.4. The van der Waals surface area contributed by atoms with Crippen LogP contribution in [0.15, 0.2) is 413 Å². The molecule has 4 nitrogen and oxygen atoms in total. The minimum atomic E-state index is -0.170. The Morgan fingerprint density at radius 3 is 1.03 bits per heavy atom. The lowest BCUT2D eigenvalue weighted by Crippen LogP contribution is -2.15. The Morgan fingerprint density at radius 2 is 0.585 bits per heavy atom. The molecule has 0 unspecified atom stereocenters. The highest BCUT2D eigenvalue weighted by Gasteiger charge is 2.39. The molecule has 0 radical (unpaired) electrons. The fourth-order valence-corrected chi connectivity index (χ4v) is 20.4. The zero-order valence-corrected chi connectivity index (χ0v) is 69.4. The molecule has 0 amide bonds. The molecule has 0 saturated carbocycles.